The molecule has 0 fully saturated rings. The van der Waals surface area contributed by atoms with Gasteiger partial charge in [0.05, 0.1) is 17.9 Å². The van der Waals surface area contributed by atoms with Crippen molar-refractivity contribution in [3.8, 4) is 0 Å². The molecular formula is C28H55NO5S. The largest absolute Gasteiger partial charge is 0.391 e. The molecule has 0 radical (unpaired) electrons. The molecule has 3 N–H and O–H groups in total. The molecule has 0 aromatic heterocycles. The molecule has 0 aliphatic rings. The quantitative estimate of drug-likeness (QED) is 0.0679. The first-order valence-electron chi connectivity index (χ1n) is 14.4. The van der Waals surface area contributed by atoms with Crippen LogP contribution < -0.4 is 5.32 Å². The fourth-order valence-electron chi connectivity index (χ4n) is 4.27. The van der Waals surface area contributed by atoms with Crippen molar-refractivity contribution in [2.24, 2.45) is 0 Å². The summed E-state index contributed by atoms with van der Waals surface area (Å²) in [5.74, 6) is -0.911. The lowest BCUT2D eigenvalue weighted by Crippen LogP contribution is -2.47. The Labute approximate surface area is 216 Å². The topological polar surface area (TPSA) is 104 Å². The van der Waals surface area contributed by atoms with Crippen molar-refractivity contribution in [3.63, 3.8) is 0 Å². The lowest BCUT2D eigenvalue weighted by Gasteiger charge is -2.23. The van der Waals surface area contributed by atoms with Gasteiger partial charge in [0.2, 0.25) is 5.91 Å². The van der Waals surface area contributed by atoms with Crippen LogP contribution in [0.5, 0.6) is 0 Å². The molecule has 0 saturated heterocycles. The van der Waals surface area contributed by atoms with E-state index in [1.54, 1.807) is 0 Å². The fourth-order valence-corrected chi connectivity index (χ4v) is 5.03. The van der Waals surface area contributed by atoms with E-state index >= 15 is 0 Å². The maximum absolute atomic E-state index is 12.3. The summed E-state index contributed by atoms with van der Waals surface area (Å²) >= 11 is 0. The number of hydrogen-bond donors (Lipinski definition) is 3. The standard InChI is InChI=1S/C28H55NO5S/c1-3-5-7-9-11-12-13-14-15-16-18-20-22-24-28(31)29-26(25-35(32,33)34)27(30)23-21-19-17-10-8-6-4-2/h12-13,26-27,30H,3-11,14-25H2,1-2H3,(H,29,31)(H,32,33,34)/b13-12-. The highest BCUT2D eigenvalue weighted by molar-refractivity contribution is 7.85. The zero-order chi connectivity index (χ0) is 26.2. The van der Waals surface area contributed by atoms with Crippen LogP contribution in [0.25, 0.3) is 0 Å². The van der Waals surface area contributed by atoms with Crippen molar-refractivity contribution in [1.29, 1.82) is 0 Å². The van der Waals surface area contributed by atoms with Crippen LogP contribution in [-0.2, 0) is 14.9 Å². The predicted octanol–water partition coefficient (Wildman–Crippen LogP) is 7.12. The van der Waals surface area contributed by atoms with E-state index < -0.39 is 28.0 Å². The molecule has 6 nitrogen and oxygen atoms in total. The van der Waals surface area contributed by atoms with E-state index in [1.807, 2.05) is 0 Å². The summed E-state index contributed by atoms with van der Waals surface area (Å²) in [5, 5.41) is 13.1. The molecule has 0 aromatic carbocycles. The maximum Gasteiger partial charge on any atom is 0.266 e. The number of aliphatic hydroxyl groups is 1. The Kier molecular flexibility index (Phi) is 22.9. The Hall–Kier alpha value is -0.920. The molecule has 208 valence electrons. The number of allylic oxidation sites excluding steroid dienone is 2. The van der Waals surface area contributed by atoms with Gasteiger partial charge in [0.25, 0.3) is 10.1 Å². The molecule has 2 unspecified atom stereocenters. The second kappa shape index (κ2) is 23.5. The van der Waals surface area contributed by atoms with Crippen LogP contribution in [0.3, 0.4) is 0 Å². The Morgan fingerprint density at radius 2 is 1.20 bits per heavy atom. The zero-order valence-electron chi connectivity index (χ0n) is 22.7. The van der Waals surface area contributed by atoms with E-state index in [1.165, 1.54) is 64.2 Å². The molecule has 2 atom stereocenters. The van der Waals surface area contributed by atoms with Crippen molar-refractivity contribution >= 4 is 16.0 Å². The van der Waals surface area contributed by atoms with Gasteiger partial charge in [0, 0.05) is 6.42 Å². The van der Waals surface area contributed by atoms with Gasteiger partial charge >= 0.3 is 0 Å². The number of amides is 1. The monoisotopic (exact) mass is 517 g/mol. The van der Waals surface area contributed by atoms with Crippen molar-refractivity contribution in [2.45, 2.75) is 154 Å². The minimum Gasteiger partial charge on any atom is -0.391 e. The molecule has 0 saturated carbocycles. The molecule has 0 aromatic rings. The zero-order valence-corrected chi connectivity index (χ0v) is 23.5. The number of aliphatic hydroxyl groups excluding tert-OH is 1. The van der Waals surface area contributed by atoms with Crippen LogP contribution in [0.15, 0.2) is 12.2 Å². The van der Waals surface area contributed by atoms with Gasteiger partial charge in [-0.05, 0) is 38.5 Å². The van der Waals surface area contributed by atoms with Crippen molar-refractivity contribution < 1.29 is 22.9 Å². The predicted molar refractivity (Wildman–Crippen MR) is 147 cm³/mol. The lowest BCUT2D eigenvalue weighted by atomic mass is 10.0. The Balaban J connectivity index is 4.03. The van der Waals surface area contributed by atoms with E-state index in [0.717, 1.165) is 51.4 Å². The van der Waals surface area contributed by atoms with Crippen molar-refractivity contribution in [2.75, 3.05) is 5.75 Å². The van der Waals surface area contributed by atoms with Crippen LogP contribution in [0.1, 0.15) is 142 Å². The van der Waals surface area contributed by atoms with Crippen molar-refractivity contribution in [3.05, 3.63) is 12.2 Å². The lowest BCUT2D eigenvalue weighted by molar-refractivity contribution is -0.122. The number of unbranched alkanes of at least 4 members (excludes halogenated alkanes) is 15. The van der Waals surface area contributed by atoms with Crippen LogP contribution in [0, 0.1) is 0 Å². The number of carbonyl (C=O) groups is 1. The summed E-state index contributed by atoms with van der Waals surface area (Å²) in [6.45, 7) is 4.41. The highest BCUT2D eigenvalue weighted by Gasteiger charge is 2.25. The van der Waals surface area contributed by atoms with E-state index in [-0.39, 0.29) is 5.91 Å². The molecular weight excluding hydrogens is 462 g/mol. The molecule has 7 heteroatoms. The Morgan fingerprint density at radius 3 is 1.74 bits per heavy atom. The summed E-state index contributed by atoms with van der Waals surface area (Å²) in [7, 11) is -4.29. The average Bonchev–Trinajstić information content (AvgIpc) is 2.80. The van der Waals surface area contributed by atoms with Gasteiger partial charge in [-0.25, -0.2) is 0 Å². The van der Waals surface area contributed by atoms with Crippen LogP contribution in [0.2, 0.25) is 0 Å². The number of carbonyl (C=O) groups excluding carboxylic acids is 1. The SMILES string of the molecule is CCCCCC/C=C\CCCCCCCC(=O)NC(CS(=O)(=O)O)C(O)CCCCCCCCC. The van der Waals surface area contributed by atoms with Gasteiger partial charge in [-0.15, -0.1) is 0 Å². The van der Waals surface area contributed by atoms with Gasteiger partial charge in [-0.1, -0.05) is 109 Å². The Bertz CT molecular complexity index is 621. The van der Waals surface area contributed by atoms with Gasteiger partial charge in [-0.2, -0.15) is 8.42 Å². The average molecular weight is 518 g/mol. The van der Waals surface area contributed by atoms with E-state index in [9.17, 15) is 22.9 Å². The van der Waals surface area contributed by atoms with Crippen LogP contribution in [0.4, 0.5) is 0 Å². The van der Waals surface area contributed by atoms with Gasteiger partial charge in [0.1, 0.15) is 0 Å². The Morgan fingerprint density at radius 1 is 0.743 bits per heavy atom. The molecule has 0 aliphatic carbocycles. The first-order valence-corrected chi connectivity index (χ1v) is 16.0. The fraction of sp³-hybridized carbons (Fsp3) is 0.893. The smallest absolute Gasteiger partial charge is 0.266 e. The van der Waals surface area contributed by atoms with Gasteiger partial charge in [-0.3, -0.25) is 9.35 Å². The number of rotatable bonds is 25. The molecule has 1 amide bonds. The second-order valence-electron chi connectivity index (χ2n) is 10.0. The molecule has 0 rings (SSSR count). The third-order valence-electron chi connectivity index (χ3n) is 6.47. The summed E-state index contributed by atoms with van der Waals surface area (Å²) in [6.07, 6.45) is 24.6. The number of hydrogen-bond acceptors (Lipinski definition) is 4. The normalized spacial score (nSPS) is 13.8. The van der Waals surface area contributed by atoms with Gasteiger partial charge < -0.3 is 10.4 Å². The summed E-state index contributed by atoms with van der Waals surface area (Å²) in [4.78, 5) is 12.3. The third kappa shape index (κ3) is 24.5. The first kappa shape index (κ1) is 34.1. The summed E-state index contributed by atoms with van der Waals surface area (Å²) < 4.78 is 32.0. The molecule has 0 heterocycles. The summed E-state index contributed by atoms with van der Waals surface area (Å²) in [6, 6.07) is -0.966. The first-order chi connectivity index (χ1) is 16.8. The van der Waals surface area contributed by atoms with Crippen LogP contribution >= 0.6 is 0 Å². The maximum atomic E-state index is 12.3. The van der Waals surface area contributed by atoms with Gasteiger partial charge in [0.15, 0.2) is 0 Å². The van der Waals surface area contributed by atoms with Crippen molar-refractivity contribution in [1.82, 2.24) is 5.32 Å². The third-order valence-corrected chi connectivity index (χ3v) is 7.25. The van der Waals surface area contributed by atoms with E-state index in [4.69, 9.17) is 0 Å². The highest BCUT2D eigenvalue weighted by Crippen LogP contribution is 2.13. The second-order valence-corrected chi connectivity index (χ2v) is 11.5. The van der Waals surface area contributed by atoms with E-state index in [0.29, 0.717) is 12.8 Å². The van der Waals surface area contributed by atoms with E-state index in [2.05, 4.69) is 31.3 Å². The molecule has 0 spiro atoms. The minimum atomic E-state index is -4.29. The molecule has 35 heavy (non-hydrogen) atoms. The summed E-state index contributed by atoms with van der Waals surface area (Å²) in [5.41, 5.74) is 0. The number of nitrogens with one attached hydrogen (secondary N) is 1. The highest BCUT2D eigenvalue weighted by atomic mass is 32.2. The van der Waals surface area contributed by atoms with Crippen LogP contribution in [-0.4, -0.2) is 41.9 Å². The minimum absolute atomic E-state index is 0.261. The molecule has 0 bridgehead atoms. The molecule has 0 aliphatic heterocycles.